The highest BCUT2D eigenvalue weighted by atomic mass is 35.5. The molecular formula is C19H26ClFN6O. The molecule has 1 aliphatic carbocycles. The number of alkyl halides is 1. The number of imidazole rings is 1. The number of likely N-dealkylation sites (tertiary alicyclic amines) is 1. The number of hydrogen-bond acceptors (Lipinski definition) is 5. The van der Waals surface area contributed by atoms with Crippen molar-refractivity contribution in [3.05, 3.63) is 17.2 Å². The molecular weight excluding hydrogens is 383 g/mol. The van der Waals surface area contributed by atoms with E-state index in [2.05, 4.69) is 27.3 Å². The van der Waals surface area contributed by atoms with Crippen molar-refractivity contribution in [2.75, 3.05) is 18.4 Å². The summed E-state index contributed by atoms with van der Waals surface area (Å²) in [4.78, 5) is 22.3. The minimum absolute atomic E-state index is 0.0101. The highest BCUT2D eigenvalue weighted by Gasteiger charge is 2.41. The van der Waals surface area contributed by atoms with Crippen molar-refractivity contribution in [1.82, 2.24) is 24.5 Å². The number of nitrogens with one attached hydrogen (secondary N) is 1. The third-order valence-electron chi connectivity index (χ3n) is 6.32. The fraction of sp³-hybridized carbons (Fsp3) is 0.684. The smallest absolute Gasteiger partial charge is 0.241 e. The van der Waals surface area contributed by atoms with Crippen LogP contribution in [-0.2, 0) is 10.2 Å². The van der Waals surface area contributed by atoms with Gasteiger partial charge in [0, 0.05) is 18.4 Å². The van der Waals surface area contributed by atoms with Gasteiger partial charge in [-0.2, -0.15) is 0 Å². The Morgan fingerprint density at radius 1 is 1.43 bits per heavy atom. The van der Waals surface area contributed by atoms with Crippen LogP contribution in [0.4, 0.5) is 10.3 Å². The maximum Gasteiger partial charge on any atom is 0.241 e. The minimum atomic E-state index is -1.16. The van der Waals surface area contributed by atoms with Gasteiger partial charge < -0.3 is 10.2 Å². The quantitative estimate of drug-likeness (QED) is 0.820. The van der Waals surface area contributed by atoms with Gasteiger partial charge in [0.05, 0.1) is 18.8 Å². The van der Waals surface area contributed by atoms with Crippen molar-refractivity contribution >= 4 is 29.0 Å². The van der Waals surface area contributed by atoms with Crippen LogP contribution in [0.3, 0.4) is 0 Å². The molecule has 2 unspecified atom stereocenters. The van der Waals surface area contributed by atoms with E-state index in [4.69, 9.17) is 11.6 Å². The molecule has 2 aliphatic rings. The summed E-state index contributed by atoms with van der Waals surface area (Å²) < 4.78 is 16.4. The predicted octanol–water partition coefficient (Wildman–Crippen LogP) is 3.37. The number of fused-ring (bicyclic) bond motifs is 1. The van der Waals surface area contributed by atoms with Crippen LogP contribution in [0.2, 0.25) is 5.15 Å². The number of hydrogen-bond donors (Lipinski definition) is 1. The molecule has 2 aromatic heterocycles. The number of aromatic nitrogens is 4. The molecule has 2 aromatic rings. The maximum atomic E-state index is 14.6. The molecule has 4 rings (SSSR count). The Labute approximate surface area is 168 Å². The van der Waals surface area contributed by atoms with E-state index in [9.17, 15) is 9.18 Å². The van der Waals surface area contributed by atoms with Gasteiger partial charge in [0.2, 0.25) is 11.9 Å². The van der Waals surface area contributed by atoms with E-state index >= 15 is 0 Å². The van der Waals surface area contributed by atoms with Crippen molar-refractivity contribution < 1.29 is 9.18 Å². The number of halogens is 2. The number of carbonyl (C=O) groups excluding carboxylic acids is 1. The summed E-state index contributed by atoms with van der Waals surface area (Å²) in [7, 11) is 0. The largest absolute Gasteiger partial charge is 0.347 e. The molecule has 2 atom stereocenters. The van der Waals surface area contributed by atoms with Crippen LogP contribution in [-0.4, -0.2) is 55.7 Å². The summed E-state index contributed by atoms with van der Waals surface area (Å²) in [5.74, 6) is 1.21. The monoisotopic (exact) mass is 408 g/mol. The first-order valence-electron chi connectivity index (χ1n) is 10.1. The van der Waals surface area contributed by atoms with E-state index in [1.165, 1.54) is 6.42 Å². The first-order chi connectivity index (χ1) is 13.5. The highest BCUT2D eigenvalue weighted by molar-refractivity contribution is 6.32. The highest BCUT2D eigenvalue weighted by Crippen LogP contribution is 2.46. The average molecular weight is 409 g/mol. The van der Waals surface area contributed by atoms with E-state index in [0.717, 1.165) is 25.1 Å². The average Bonchev–Trinajstić information content (AvgIpc) is 2.99. The third kappa shape index (κ3) is 3.21. The Balaban J connectivity index is 1.56. The third-order valence-corrected chi connectivity index (χ3v) is 6.60. The summed E-state index contributed by atoms with van der Waals surface area (Å²) in [5.41, 5.74) is 0.679. The van der Waals surface area contributed by atoms with Gasteiger partial charge in [0.25, 0.3) is 0 Å². The molecule has 3 heterocycles. The molecule has 9 heteroatoms. The number of carbonyl (C=O) groups is 1. The number of nitrogens with zero attached hydrogens (tertiary/aromatic N) is 5. The zero-order valence-electron chi connectivity index (χ0n) is 16.3. The lowest BCUT2D eigenvalue weighted by Gasteiger charge is -2.39. The van der Waals surface area contributed by atoms with E-state index in [1.54, 1.807) is 22.5 Å². The SMILES string of the molecule is CCC(=O)N1CCC(Nc2ncc3c(Cl)nc(C4(CC)CCC4)n3n2)C(F)C1. The molecule has 1 N–H and O–H groups in total. The van der Waals surface area contributed by atoms with Gasteiger partial charge >= 0.3 is 0 Å². The first-order valence-corrected chi connectivity index (χ1v) is 10.5. The summed E-state index contributed by atoms with van der Waals surface area (Å²) in [6.45, 7) is 4.59. The van der Waals surface area contributed by atoms with Gasteiger partial charge in [-0.1, -0.05) is 31.9 Å². The van der Waals surface area contributed by atoms with Gasteiger partial charge in [-0.25, -0.2) is 18.9 Å². The molecule has 1 amide bonds. The lowest BCUT2D eigenvalue weighted by molar-refractivity contribution is -0.133. The molecule has 0 aromatic carbocycles. The van der Waals surface area contributed by atoms with Gasteiger partial charge in [0.15, 0.2) is 5.15 Å². The Morgan fingerprint density at radius 2 is 2.21 bits per heavy atom. The van der Waals surface area contributed by atoms with Crippen molar-refractivity contribution in [2.24, 2.45) is 0 Å². The Bertz CT molecular complexity index is 877. The van der Waals surface area contributed by atoms with Gasteiger partial charge in [-0.3, -0.25) is 4.79 Å². The molecule has 152 valence electrons. The Hall–Kier alpha value is -1.96. The molecule has 0 spiro atoms. The second kappa shape index (κ2) is 7.46. The summed E-state index contributed by atoms with van der Waals surface area (Å²) in [5, 5.41) is 8.11. The van der Waals surface area contributed by atoms with E-state index in [-0.39, 0.29) is 17.9 Å². The zero-order chi connectivity index (χ0) is 19.9. The van der Waals surface area contributed by atoms with Crippen LogP contribution in [0.25, 0.3) is 5.52 Å². The Kier molecular flexibility index (Phi) is 5.16. The van der Waals surface area contributed by atoms with Crippen LogP contribution in [0, 0.1) is 0 Å². The second-order valence-corrected chi connectivity index (χ2v) is 8.20. The second-order valence-electron chi connectivity index (χ2n) is 7.84. The summed E-state index contributed by atoms with van der Waals surface area (Å²) in [6, 6.07) is -0.426. The van der Waals surface area contributed by atoms with Crippen LogP contribution >= 0.6 is 11.6 Å². The molecule has 1 aliphatic heterocycles. The Morgan fingerprint density at radius 3 is 2.82 bits per heavy atom. The normalized spacial score (nSPS) is 24.2. The fourth-order valence-electron chi connectivity index (χ4n) is 4.28. The number of piperidine rings is 1. The lowest BCUT2D eigenvalue weighted by Crippen LogP contribution is -2.50. The fourth-order valence-corrected chi connectivity index (χ4v) is 4.49. The van der Waals surface area contributed by atoms with Gasteiger partial charge in [-0.15, -0.1) is 5.10 Å². The number of amides is 1. The first kappa shape index (κ1) is 19.4. The van der Waals surface area contributed by atoms with Gasteiger partial charge in [0.1, 0.15) is 17.5 Å². The van der Waals surface area contributed by atoms with Gasteiger partial charge in [-0.05, 0) is 25.7 Å². The van der Waals surface area contributed by atoms with Crippen LogP contribution in [0.1, 0.15) is 58.2 Å². The molecule has 1 saturated heterocycles. The number of anilines is 1. The number of rotatable bonds is 5. The van der Waals surface area contributed by atoms with Crippen LogP contribution in [0.15, 0.2) is 6.20 Å². The van der Waals surface area contributed by atoms with Crippen LogP contribution < -0.4 is 5.32 Å². The van der Waals surface area contributed by atoms with Crippen LogP contribution in [0.5, 0.6) is 0 Å². The zero-order valence-corrected chi connectivity index (χ0v) is 17.0. The molecule has 1 saturated carbocycles. The van der Waals surface area contributed by atoms with E-state index < -0.39 is 12.2 Å². The lowest BCUT2D eigenvalue weighted by atomic mass is 9.66. The molecule has 7 nitrogen and oxygen atoms in total. The summed E-state index contributed by atoms with van der Waals surface area (Å²) in [6.07, 6.45) is 5.69. The predicted molar refractivity (Wildman–Crippen MR) is 105 cm³/mol. The topological polar surface area (TPSA) is 75.4 Å². The van der Waals surface area contributed by atoms with Crippen molar-refractivity contribution in [3.63, 3.8) is 0 Å². The van der Waals surface area contributed by atoms with Crippen molar-refractivity contribution in [3.8, 4) is 0 Å². The maximum absolute atomic E-state index is 14.6. The molecule has 0 radical (unpaired) electrons. The van der Waals surface area contributed by atoms with Crippen molar-refractivity contribution in [2.45, 2.75) is 70.0 Å². The summed E-state index contributed by atoms with van der Waals surface area (Å²) >= 11 is 6.32. The molecule has 28 heavy (non-hydrogen) atoms. The van der Waals surface area contributed by atoms with E-state index in [1.807, 2.05) is 0 Å². The van der Waals surface area contributed by atoms with Crippen molar-refractivity contribution in [1.29, 1.82) is 0 Å². The van der Waals surface area contributed by atoms with E-state index in [0.29, 0.717) is 36.0 Å². The minimum Gasteiger partial charge on any atom is -0.347 e. The molecule has 0 bridgehead atoms. The molecule has 2 fully saturated rings. The standard InChI is InChI=1S/C19H26ClFN6O/c1-3-15(28)26-9-6-13(12(21)11-26)23-18-22-10-14-16(20)24-17(27(14)25-18)19(4-2)7-5-8-19/h10,12-13H,3-9,11H2,1-2H3,(H,23,25).